The lowest BCUT2D eigenvalue weighted by Crippen LogP contribution is -2.20. The van der Waals surface area contributed by atoms with Gasteiger partial charge in [0.25, 0.3) is 0 Å². The summed E-state index contributed by atoms with van der Waals surface area (Å²) in [6.07, 6.45) is 2.65. The molecule has 1 saturated heterocycles. The Balaban J connectivity index is 2.08. The molecule has 1 aromatic rings. The van der Waals surface area contributed by atoms with E-state index in [1.165, 1.54) is 16.2 Å². The molecule has 0 amide bonds. The van der Waals surface area contributed by atoms with Gasteiger partial charge in [-0.2, -0.15) is 0 Å². The Kier molecular flexibility index (Phi) is 3.78. The van der Waals surface area contributed by atoms with E-state index in [1.54, 1.807) is 0 Å². The molecule has 15 heavy (non-hydrogen) atoms. The van der Waals surface area contributed by atoms with Gasteiger partial charge in [-0.1, -0.05) is 6.92 Å². The van der Waals surface area contributed by atoms with Crippen LogP contribution in [0.3, 0.4) is 0 Å². The lowest BCUT2D eigenvalue weighted by molar-refractivity contribution is 0.0938. The van der Waals surface area contributed by atoms with Crippen molar-refractivity contribution in [3.05, 3.63) is 21.9 Å². The Bertz CT molecular complexity index is 310. The average Bonchev–Trinajstić information content (AvgIpc) is 2.85. The van der Waals surface area contributed by atoms with E-state index in [-0.39, 0.29) is 0 Å². The van der Waals surface area contributed by atoms with Gasteiger partial charge in [0, 0.05) is 28.8 Å². The van der Waals surface area contributed by atoms with E-state index in [1.807, 2.05) is 18.4 Å². The number of hydrogen-bond donors (Lipinski definition) is 1. The third-order valence-corrected chi connectivity index (χ3v) is 4.28. The fourth-order valence-corrected chi connectivity index (χ4v) is 3.25. The zero-order valence-electron chi connectivity index (χ0n) is 9.45. The maximum absolute atomic E-state index is 5.83. The number of thiophene rings is 1. The molecule has 1 fully saturated rings. The molecule has 0 saturated carbocycles. The van der Waals surface area contributed by atoms with Crippen molar-refractivity contribution in [1.82, 2.24) is 5.32 Å². The molecule has 1 aliphatic rings. The monoisotopic (exact) mass is 225 g/mol. The fraction of sp³-hybridized carbons (Fsp3) is 0.667. The van der Waals surface area contributed by atoms with Gasteiger partial charge in [-0.25, -0.2) is 0 Å². The first kappa shape index (κ1) is 11.1. The largest absolute Gasteiger partial charge is 0.372 e. The number of hydrogen-bond acceptors (Lipinski definition) is 3. The topological polar surface area (TPSA) is 21.3 Å². The predicted molar refractivity (Wildman–Crippen MR) is 64.4 cm³/mol. The van der Waals surface area contributed by atoms with Crippen LogP contribution in [0.4, 0.5) is 0 Å². The van der Waals surface area contributed by atoms with Crippen molar-refractivity contribution in [1.29, 1.82) is 0 Å². The molecule has 1 aromatic heterocycles. The van der Waals surface area contributed by atoms with Crippen LogP contribution in [0.15, 0.2) is 12.1 Å². The normalized spacial score (nSPS) is 26.0. The fourth-order valence-electron chi connectivity index (χ4n) is 2.16. The van der Waals surface area contributed by atoms with Gasteiger partial charge in [0.2, 0.25) is 0 Å². The molecular weight excluding hydrogens is 206 g/mol. The first-order valence-corrected chi connectivity index (χ1v) is 6.51. The van der Waals surface area contributed by atoms with E-state index in [0.29, 0.717) is 12.0 Å². The van der Waals surface area contributed by atoms with Gasteiger partial charge in [-0.15, -0.1) is 11.3 Å². The van der Waals surface area contributed by atoms with E-state index in [0.717, 1.165) is 19.6 Å². The van der Waals surface area contributed by atoms with Gasteiger partial charge in [0.15, 0.2) is 0 Å². The van der Waals surface area contributed by atoms with Crippen molar-refractivity contribution in [2.75, 3.05) is 20.2 Å². The molecule has 0 aliphatic carbocycles. The van der Waals surface area contributed by atoms with Crippen LogP contribution in [0.2, 0.25) is 0 Å². The van der Waals surface area contributed by atoms with Crippen molar-refractivity contribution < 1.29 is 4.74 Å². The minimum Gasteiger partial charge on any atom is -0.372 e. The molecule has 0 aromatic carbocycles. The number of rotatable bonds is 4. The highest BCUT2D eigenvalue weighted by molar-refractivity contribution is 7.12. The summed E-state index contributed by atoms with van der Waals surface area (Å²) in [6.45, 7) is 4.18. The van der Waals surface area contributed by atoms with Crippen LogP contribution in [-0.4, -0.2) is 20.2 Å². The first-order chi connectivity index (χ1) is 7.35. The summed E-state index contributed by atoms with van der Waals surface area (Å²) in [4.78, 5) is 2.87. The van der Waals surface area contributed by atoms with Crippen molar-refractivity contribution in [2.24, 2.45) is 5.92 Å². The Hall–Kier alpha value is -0.380. The van der Waals surface area contributed by atoms with Crippen molar-refractivity contribution >= 4 is 11.3 Å². The third kappa shape index (κ3) is 2.41. The van der Waals surface area contributed by atoms with Gasteiger partial charge >= 0.3 is 0 Å². The molecule has 0 bridgehead atoms. The summed E-state index contributed by atoms with van der Waals surface area (Å²) >= 11 is 1.91. The highest BCUT2D eigenvalue weighted by Crippen LogP contribution is 2.37. The highest BCUT2D eigenvalue weighted by Gasteiger charge is 2.29. The van der Waals surface area contributed by atoms with E-state index < -0.39 is 0 Å². The summed E-state index contributed by atoms with van der Waals surface area (Å²) in [5, 5.41) is 3.25. The van der Waals surface area contributed by atoms with E-state index in [2.05, 4.69) is 24.4 Å². The quantitative estimate of drug-likeness (QED) is 0.850. The van der Waals surface area contributed by atoms with Gasteiger partial charge < -0.3 is 10.1 Å². The molecule has 0 radical (unpaired) electrons. The van der Waals surface area contributed by atoms with E-state index in [4.69, 9.17) is 4.74 Å². The summed E-state index contributed by atoms with van der Waals surface area (Å²) in [6, 6.07) is 4.47. The maximum atomic E-state index is 5.83. The van der Waals surface area contributed by atoms with Gasteiger partial charge in [0.1, 0.15) is 0 Å². The summed E-state index contributed by atoms with van der Waals surface area (Å²) in [5.74, 6) is 0.651. The summed E-state index contributed by atoms with van der Waals surface area (Å²) < 4.78 is 5.83. The minimum absolute atomic E-state index is 0.336. The first-order valence-electron chi connectivity index (χ1n) is 5.70. The SMILES string of the molecule is CCc1ccc(C2OCCC2CNC)s1. The molecule has 2 atom stereocenters. The van der Waals surface area contributed by atoms with E-state index in [9.17, 15) is 0 Å². The minimum atomic E-state index is 0.336. The zero-order valence-corrected chi connectivity index (χ0v) is 10.3. The average molecular weight is 225 g/mol. The standard InChI is InChI=1S/C12H19NOS/c1-3-10-4-5-11(15-10)12-9(8-13-2)6-7-14-12/h4-5,9,12-13H,3,6-8H2,1-2H3. The molecule has 1 aliphatic heterocycles. The molecule has 3 heteroatoms. The maximum Gasteiger partial charge on any atom is 0.0957 e. The van der Waals surface area contributed by atoms with Crippen molar-refractivity contribution in [2.45, 2.75) is 25.9 Å². The molecule has 84 valence electrons. The van der Waals surface area contributed by atoms with E-state index >= 15 is 0 Å². The smallest absolute Gasteiger partial charge is 0.0957 e. The molecule has 1 N–H and O–H groups in total. The third-order valence-electron chi connectivity index (χ3n) is 2.99. The van der Waals surface area contributed by atoms with Crippen LogP contribution < -0.4 is 5.32 Å². The molecule has 2 unspecified atom stereocenters. The van der Waals surface area contributed by atoms with Gasteiger partial charge in [-0.05, 0) is 32.0 Å². The lowest BCUT2D eigenvalue weighted by atomic mass is 10.0. The molecule has 2 nitrogen and oxygen atoms in total. The van der Waals surface area contributed by atoms with Crippen molar-refractivity contribution in [3.63, 3.8) is 0 Å². The van der Waals surface area contributed by atoms with Crippen LogP contribution in [0.5, 0.6) is 0 Å². The second kappa shape index (κ2) is 5.10. The zero-order chi connectivity index (χ0) is 10.7. The second-order valence-corrected chi connectivity index (χ2v) is 5.26. The summed E-state index contributed by atoms with van der Waals surface area (Å²) in [5.41, 5.74) is 0. The predicted octanol–water partition coefficient (Wildman–Crippen LogP) is 2.61. The number of nitrogens with one attached hydrogen (secondary N) is 1. The Morgan fingerprint density at radius 3 is 3.07 bits per heavy atom. The molecule has 0 spiro atoms. The number of aryl methyl sites for hydroxylation is 1. The highest BCUT2D eigenvalue weighted by atomic mass is 32.1. The molecular formula is C12H19NOS. The van der Waals surface area contributed by atoms with Crippen LogP contribution in [-0.2, 0) is 11.2 Å². The van der Waals surface area contributed by atoms with Crippen LogP contribution in [0.1, 0.15) is 29.2 Å². The van der Waals surface area contributed by atoms with Crippen LogP contribution in [0, 0.1) is 5.92 Å². The van der Waals surface area contributed by atoms with Gasteiger partial charge in [0.05, 0.1) is 6.10 Å². The van der Waals surface area contributed by atoms with Gasteiger partial charge in [-0.3, -0.25) is 0 Å². The Morgan fingerprint density at radius 2 is 2.40 bits per heavy atom. The second-order valence-electron chi connectivity index (χ2n) is 4.06. The summed E-state index contributed by atoms with van der Waals surface area (Å²) in [7, 11) is 2.02. The Morgan fingerprint density at radius 1 is 1.53 bits per heavy atom. The molecule has 2 rings (SSSR count). The lowest BCUT2D eigenvalue weighted by Gasteiger charge is -2.16. The van der Waals surface area contributed by atoms with Crippen LogP contribution in [0.25, 0.3) is 0 Å². The molecule has 2 heterocycles. The number of ether oxygens (including phenoxy) is 1. The van der Waals surface area contributed by atoms with Crippen LogP contribution >= 0.6 is 11.3 Å². The van der Waals surface area contributed by atoms with Crippen molar-refractivity contribution in [3.8, 4) is 0 Å². The Labute approximate surface area is 95.6 Å².